The number of amides is 1. The van der Waals surface area contributed by atoms with Crippen LogP contribution in [-0.2, 0) is 14.3 Å². The van der Waals surface area contributed by atoms with Crippen LogP contribution in [0.1, 0.15) is 35.6 Å². The fraction of sp³-hybridized carbons (Fsp3) is 0.200. The summed E-state index contributed by atoms with van der Waals surface area (Å²) in [5.41, 5.74) is 10.5. The van der Waals surface area contributed by atoms with E-state index in [1.165, 1.54) is 0 Å². The molecular weight excluding hydrogens is 392 g/mol. The van der Waals surface area contributed by atoms with E-state index in [9.17, 15) is 9.59 Å². The molecule has 6 heteroatoms. The van der Waals surface area contributed by atoms with Crippen molar-refractivity contribution in [1.29, 1.82) is 0 Å². The predicted molar refractivity (Wildman–Crippen MR) is 117 cm³/mol. The van der Waals surface area contributed by atoms with Gasteiger partial charge < -0.3 is 9.47 Å². The van der Waals surface area contributed by atoms with Gasteiger partial charge in [-0.2, -0.15) is 0 Å². The second-order valence-corrected chi connectivity index (χ2v) is 7.19. The monoisotopic (exact) mass is 416 g/mol. The molecule has 0 spiro atoms. The summed E-state index contributed by atoms with van der Waals surface area (Å²) in [5, 5.41) is 0. The third kappa shape index (κ3) is 4.44. The second-order valence-electron chi connectivity index (χ2n) is 7.19. The highest BCUT2D eigenvalue weighted by molar-refractivity contribution is 5.79. The van der Waals surface area contributed by atoms with E-state index in [1.54, 1.807) is 19.1 Å². The average Bonchev–Trinajstić information content (AvgIpc) is 3.12. The number of ether oxygens (including phenoxy) is 2. The number of fused-ring (bicyclic) bond motifs is 3. The van der Waals surface area contributed by atoms with Gasteiger partial charge in [-0.15, -0.1) is 0 Å². The zero-order valence-electron chi connectivity index (χ0n) is 17.2. The SMILES string of the molecule is CCOC(=O)[C@@H](NNC(=O)OCC1c2ccccc2-c2ccccc21)c1ccccc1. The van der Waals surface area contributed by atoms with Crippen molar-refractivity contribution in [3.05, 3.63) is 95.6 Å². The molecule has 1 atom stereocenters. The van der Waals surface area contributed by atoms with Gasteiger partial charge in [-0.3, -0.25) is 5.43 Å². The topological polar surface area (TPSA) is 76.7 Å². The number of hydrogen-bond donors (Lipinski definition) is 2. The van der Waals surface area contributed by atoms with Crippen molar-refractivity contribution in [1.82, 2.24) is 10.9 Å². The Hall–Kier alpha value is -3.64. The highest BCUT2D eigenvalue weighted by atomic mass is 16.6. The zero-order valence-corrected chi connectivity index (χ0v) is 17.2. The first-order chi connectivity index (χ1) is 15.2. The minimum absolute atomic E-state index is 0.0341. The molecule has 6 nitrogen and oxygen atoms in total. The van der Waals surface area contributed by atoms with Gasteiger partial charge in [-0.05, 0) is 34.7 Å². The second kappa shape index (κ2) is 9.45. The Bertz CT molecular complexity index is 1020. The van der Waals surface area contributed by atoms with Crippen LogP contribution in [-0.4, -0.2) is 25.3 Å². The fourth-order valence-corrected chi connectivity index (χ4v) is 3.92. The lowest BCUT2D eigenvalue weighted by molar-refractivity contribution is -0.146. The van der Waals surface area contributed by atoms with E-state index < -0.39 is 18.1 Å². The van der Waals surface area contributed by atoms with Crippen molar-refractivity contribution in [2.24, 2.45) is 0 Å². The molecular formula is C25H24N2O4. The number of hydrogen-bond acceptors (Lipinski definition) is 5. The van der Waals surface area contributed by atoms with Gasteiger partial charge in [0.1, 0.15) is 12.6 Å². The number of rotatable bonds is 7. The lowest BCUT2D eigenvalue weighted by Crippen LogP contribution is -2.44. The molecule has 0 saturated heterocycles. The van der Waals surface area contributed by atoms with Crippen LogP contribution in [0.2, 0.25) is 0 Å². The molecule has 3 aromatic rings. The van der Waals surface area contributed by atoms with E-state index in [0.29, 0.717) is 5.56 Å². The Morgan fingerprint density at radius 1 is 0.839 bits per heavy atom. The van der Waals surface area contributed by atoms with Crippen LogP contribution in [0.5, 0.6) is 0 Å². The van der Waals surface area contributed by atoms with Crippen LogP contribution >= 0.6 is 0 Å². The lowest BCUT2D eigenvalue weighted by Gasteiger charge is -2.19. The molecule has 0 saturated carbocycles. The Kier molecular flexibility index (Phi) is 6.29. The van der Waals surface area contributed by atoms with Crippen LogP contribution in [0, 0.1) is 0 Å². The first-order valence-electron chi connectivity index (χ1n) is 10.3. The molecule has 0 aliphatic heterocycles. The Labute approximate surface area is 181 Å². The van der Waals surface area contributed by atoms with E-state index in [0.717, 1.165) is 22.3 Å². The quantitative estimate of drug-likeness (QED) is 0.443. The van der Waals surface area contributed by atoms with Gasteiger partial charge in [0.05, 0.1) is 6.61 Å². The summed E-state index contributed by atoms with van der Waals surface area (Å²) in [6, 6.07) is 24.5. The number of carbonyl (C=O) groups is 2. The maximum atomic E-state index is 12.4. The summed E-state index contributed by atoms with van der Waals surface area (Å²) in [5.74, 6) is -0.513. The Morgan fingerprint density at radius 2 is 1.42 bits per heavy atom. The molecule has 0 bridgehead atoms. The molecule has 2 N–H and O–H groups in total. The molecule has 1 aliphatic rings. The van der Waals surface area contributed by atoms with Crippen LogP contribution in [0.3, 0.4) is 0 Å². The van der Waals surface area contributed by atoms with Crippen LogP contribution in [0.25, 0.3) is 11.1 Å². The summed E-state index contributed by atoms with van der Waals surface area (Å²) in [6.45, 7) is 2.17. The summed E-state index contributed by atoms with van der Waals surface area (Å²) in [7, 11) is 0. The average molecular weight is 416 g/mol. The minimum Gasteiger partial charge on any atom is -0.465 e. The third-order valence-corrected chi connectivity index (χ3v) is 5.32. The van der Waals surface area contributed by atoms with E-state index in [4.69, 9.17) is 9.47 Å². The highest BCUT2D eigenvalue weighted by Gasteiger charge is 2.29. The van der Waals surface area contributed by atoms with Gasteiger partial charge in [-0.1, -0.05) is 78.9 Å². The number of nitrogens with one attached hydrogen (secondary N) is 2. The summed E-state index contributed by atoms with van der Waals surface area (Å²) in [4.78, 5) is 24.7. The highest BCUT2D eigenvalue weighted by Crippen LogP contribution is 2.44. The third-order valence-electron chi connectivity index (χ3n) is 5.32. The largest absolute Gasteiger partial charge is 0.465 e. The van der Waals surface area contributed by atoms with Crippen LogP contribution < -0.4 is 10.9 Å². The van der Waals surface area contributed by atoms with E-state index in [-0.39, 0.29) is 19.1 Å². The molecule has 0 heterocycles. The predicted octanol–water partition coefficient (Wildman–Crippen LogP) is 4.33. The molecule has 0 unspecified atom stereocenters. The van der Waals surface area contributed by atoms with E-state index in [2.05, 4.69) is 35.1 Å². The number of carbonyl (C=O) groups excluding carboxylic acids is 2. The van der Waals surface area contributed by atoms with Gasteiger partial charge in [0.25, 0.3) is 0 Å². The molecule has 0 aromatic heterocycles. The normalized spacial score (nSPS) is 13.1. The minimum atomic E-state index is -0.832. The van der Waals surface area contributed by atoms with Gasteiger partial charge in [0, 0.05) is 5.92 Å². The zero-order chi connectivity index (χ0) is 21.6. The van der Waals surface area contributed by atoms with Crippen molar-refractivity contribution in [2.45, 2.75) is 18.9 Å². The van der Waals surface area contributed by atoms with Gasteiger partial charge in [-0.25, -0.2) is 15.0 Å². The first kappa shape index (κ1) is 20.6. The first-order valence-corrected chi connectivity index (χ1v) is 10.3. The van der Waals surface area contributed by atoms with Gasteiger partial charge in [0.2, 0.25) is 0 Å². The molecule has 4 rings (SSSR count). The maximum absolute atomic E-state index is 12.4. The van der Waals surface area contributed by atoms with Crippen molar-refractivity contribution < 1.29 is 19.1 Å². The molecule has 1 amide bonds. The van der Waals surface area contributed by atoms with Crippen molar-refractivity contribution in [3.63, 3.8) is 0 Å². The van der Waals surface area contributed by atoms with E-state index >= 15 is 0 Å². The maximum Gasteiger partial charge on any atom is 0.421 e. The summed E-state index contributed by atoms with van der Waals surface area (Å²) in [6.07, 6.45) is -0.660. The van der Waals surface area contributed by atoms with Gasteiger partial charge >= 0.3 is 12.1 Å². The van der Waals surface area contributed by atoms with E-state index in [1.807, 2.05) is 42.5 Å². The van der Waals surface area contributed by atoms with Crippen LogP contribution in [0.15, 0.2) is 78.9 Å². The Balaban J connectivity index is 1.41. The van der Waals surface area contributed by atoms with Crippen LogP contribution in [0.4, 0.5) is 4.79 Å². The Morgan fingerprint density at radius 3 is 2.03 bits per heavy atom. The molecule has 0 radical (unpaired) electrons. The number of esters is 1. The molecule has 31 heavy (non-hydrogen) atoms. The van der Waals surface area contributed by atoms with Crippen molar-refractivity contribution >= 4 is 12.1 Å². The molecule has 0 fully saturated rings. The smallest absolute Gasteiger partial charge is 0.421 e. The summed E-state index contributed by atoms with van der Waals surface area (Å²) < 4.78 is 10.6. The van der Waals surface area contributed by atoms with Crippen molar-refractivity contribution in [2.75, 3.05) is 13.2 Å². The lowest BCUT2D eigenvalue weighted by atomic mass is 9.98. The molecule has 158 valence electrons. The summed E-state index contributed by atoms with van der Waals surface area (Å²) >= 11 is 0. The van der Waals surface area contributed by atoms with Gasteiger partial charge in [0.15, 0.2) is 0 Å². The number of hydrazine groups is 1. The molecule has 3 aromatic carbocycles. The number of benzene rings is 3. The standard InChI is InChI=1S/C25H24N2O4/c1-2-30-24(28)23(17-10-4-3-5-11-17)26-27-25(29)31-16-22-20-14-8-6-12-18(20)19-13-7-9-15-21(19)22/h3-15,22-23,26H,2,16H2,1H3,(H,27,29)/t23-/m0/s1. The fourth-order valence-electron chi connectivity index (χ4n) is 3.92. The molecule has 1 aliphatic carbocycles. The van der Waals surface area contributed by atoms with Crippen molar-refractivity contribution in [3.8, 4) is 11.1 Å².